The number of epoxide rings is 1. The Bertz CT molecular complexity index is 1670. The van der Waals surface area contributed by atoms with Crippen molar-refractivity contribution in [1.29, 1.82) is 0 Å². The summed E-state index contributed by atoms with van der Waals surface area (Å²) in [6, 6.07) is 11.6. The van der Waals surface area contributed by atoms with Crippen molar-refractivity contribution in [1.82, 2.24) is 4.98 Å². The number of hydrogen-bond acceptors (Lipinski definition) is 11. The first-order valence-corrected chi connectivity index (χ1v) is 16.3. The van der Waals surface area contributed by atoms with E-state index < -0.39 is 82.7 Å². The summed E-state index contributed by atoms with van der Waals surface area (Å²) in [7, 11) is 0. The van der Waals surface area contributed by atoms with Crippen molar-refractivity contribution in [2.24, 2.45) is 29.1 Å². The summed E-state index contributed by atoms with van der Waals surface area (Å²) in [5.74, 6) is -4.81. The summed E-state index contributed by atoms with van der Waals surface area (Å²) < 4.78 is 30.7. The smallest absolute Gasteiger partial charge is 0.340 e. The van der Waals surface area contributed by atoms with Gasteiger partial charge >= 0.3 is 23.9 Å². The van der Waals surface area contributed by atoms with Crippen molar-refractivity contribution in [2.45, 2.75) is 90.5 Å². The molecule has 1 aromatic carbocycles. The lowest BCUT2D eigenvalue weighted by Gasteiger charge is -2.31. The zero-order valence-electron chi connectivity index (χ0n) is 28.1. The van der Waals surface area contributed by atoms with Crippen LogP contribution in [0.5, 0.6) is 0 Å². The number of rotatable bonds is 6. The highest BCUT2D eigenvalue weighted by Gasteiger charge is 2.84. The number of ether oxygens (including phenoxy) is 5. The number of carbonyl (C=O) groups is 5. The maximum Gasteiger partial charge on any atom is 0.340 e. The van der Waals surface area contributed by atoms with Crippen LogP contribution >= 0.6 is 0 Å². The molecule has 0 radical (unpaired) electrons. The molecule has 10 atom stereocenters. The fourth-order valence-electron chi connectivity index (χ4n) is 8.45. The summed E-state index contributed by atoms with van der Waals surface area (Å²) in [5, 5.41) is 0. The highest BCUT2D eigenvalue weighted by Crippen LogP contribution is 2.69. The van der Waals surface area contributed by atoms with Gasteiger partial charge in [0.2, 0.25) is 0 Å². The standard InChI is InChI=1S/C37H41NO10/c1-19-16-37-32(45-23(5)40)20(2)17-36(37,48-37)31(41)21(3)29(44-22(4)39)26-27(35(26,6)7)30(47-34(43)25-14-11-15-38-18-25)28(19)46-33(42)24-12-9-8-10-13-24/h8-16,18,20-21,26-30,32H,17H2,1-7H3/b19-16+/t20-,21+,26-,27+,28+,29-,30?,32-,36-,37-/m0/s1. The molecule has 48 heavy (non-hydrogen) atoms. The van der Waals surface area contributed by atoms with E-state index in [1.54, 1.807) is 62.4 Å². The quantitative estimate of drug-likeness (QED) is 0.184. The SMILES string of the molecule is CC(=O)O[C@@H]1[C@@H]2[C@H](C(OC(=O)c3cccnc3)[C@H](OC(=O)c3ccccc3)/C(C)=C/[C@@]34O[C@@]3(C[C@H](C)[C@@H]4OC(C)=O)C(=O)[C@@H]1C)C2(C)C. The molecule has 2 saturated carbocycles. The maximum absolute atomic E-state index is 14.6. The summed E-state index contributed by atoms with van der Waals surface area (Å²) in [4.78, 5) is 71.0. The number of ketones is 1. The number of Topliss-reactive ketones (excluding diaryl/α,β-unsaturated/α-hetero) is 1. The van der Waals surface area contributed by atoms with E-state index in [-0.39, 0.29) is 29.2 Å². The Balaban J connectivity index is 1.54. The van der Waals surface area contributed by atoms with Crippen LogP contribution in [0, 0.1) is 29.1 Å². The number of fused-ring (bicyclic) bond motifs is 1. The molecule has 11 heteroatoms. The Morgan fingerprint density at radius 3 is 2.08 bits per heavy atom. The minimum Gasteiger partial charge on any atom is -0.461 e. The molecule has 1 saturated heterocycles. The molecule has 0 amide bonds. The lowest BCUT2D eigenvalue weighted by Crippen LogP contribution is -2.43. The predicted octanol–water partition coefficient (Wildman–Crippen LogP) is 4.68. The van der Waals surface area contributed by atoms with Crippen LogP contribution in [0.2, 0.25) is 0 Å². The molecule has 6 rings (SSSR count). The Hall–Kier alpha value is -4.38. The Kier molecular flexibility index (Phi) is 8.34. The van der Waals surface area contributed by atoms with Crippen molar-refractivity contribution in [2.75, 3.05) is 0 Å². The molecule has 0 N–H and O–H groups in total. The molecule has 1 aliphatic heterocycles. The third-order valence-electron chi connectivity index (χ3n) is 10.7. The number of benzene rings is 1. The molecular formula is C37H41NO10. The predicted molar refractivity (Wildman–Crippen MR) is 169 cm³/mol. The Labute approximate surface area is 279 Å². The van der Waals surface area contributed by atoms with E-state index in [1.165, 1.54) is 26.2 Å². The maximum atomic E-state index is 14.6. The van der Waals surface area contributed by atoms with Gasteiger partial charge < -0.3 is 23.7 Å². The average molecular weight is 660 g/mol. The van der Waals surface area contributed by atoms with Crippen LogP contribution in [0.4, 0.5) is 0 Å². The average Bonchev–Trinajstić information content (AvgIpc) is 3.84. The van der Waals surface area contributed by atoms with Crippen LogP contribution in [-0.4, -0.2) is 70.3 Å². The van der Waals surface area contributed by atoms with Gasteiger partial charge in [-0.25, -0.2) is 9.59 Å². The monoisotopic (exact) mass is 659 g/mol. The molecule has 3 aliphatic carbocycles. The van der Waals surface area contributed by atoms with E-state index in [2.05, 4.69) is 4.98 Å². The fourth-order valence-corrected chi connectivity index (χ4v) is 8.45. The zero-order valence-corrected chi connectivity index (χ0v) is 28.1. The molecule has 0 spiro atoms. The summed E-state index contributed by atoms with van der Waals surface area (Å²) in [6.07, 6.45) is 0.880. The van der Waals surface area contributed by atoms with E-state index in [1.807, 2.05) is 20.8 Å². The summed E-state index contributed by atoms with van der Waals surface area (Å²) in [6.45, 7) is 11.8. The van der Waals surface area contributed by atoms with Gasteiger partial charge in [-0.15, -0.1) is 0 Å². The van der Waals surface area contributed by atoms with Crippen molar-refractivity contribution in [3.63, 3.8) is 0 Å². The van der Waals surface area contributed by atoms with Gasteiger partial charge in [0.15, 0.2) is 23.1 Å². The fraction of sp³-hybridized carbons (Fsp3) is 0.514. The van der Waals surface area contributed by atoms with Gasteiger partial charge in [0.25, 0.3) is 0 Å². The number of hydrogen-bond donors (Lipinski definition) is 0. The minimum absolute atomic E-state index is 0.194. The second-order valence-corrected chi connectivity index (χ2v) is 14.2. The number of esters is 4. The number of aromatic nitrogens is 1. The molecule has 11 nitrogen and oxygen atoms in total. The van der Waals surface area contributed by atoms with Crippen LogP contribution in [0.1, 0.15) is 75.6 Å². The first kappa shape index (κ1) is 33.5. The van der Waals surface area contributed by atoms with Crippen LogP contribution < -0.4 is 0 Å². The van der Waals surface area contributed by atoms with Crippen LogP contribution in [0.15, 0.2) is 66.5 Å². The Morgan fingerprint density at radius 2 is 1.46 bits per heavy atom. The van der Waals surface area contributed by atoms with Gasteiger partial charge in [-0.3, -0.25) is 19.4 Å². The molecule has 1 aromatic heterocycles. The topological polar surface area (TPSA) is 148 Å². The second kappa shape index (κ2) is 11.9. The van der Waals surface area contributed by atoms with Gasteiger partial charge in [-0.05, 0) is 60.6 Å². The lowest BCUT2D eigenvalue weighted by molar-refractivity contribution is -0.154. The van der Waals surface area contributed by atoms with E-state index in [9.17, 15) is 24.0 Å². The first-order chi connectivity index (χ1) is 22.6. The van der Waals surface area contributed by atoms with Crippen LogP contribution in [0.3, 0.4) is 0 Å². The van der Waals surface area contributed by atoms with Gasteiger partial charge in [0, 0.05) is 38.1 Å². The molecular weight excluding hydrogens is 618 g/mol. The van der Waals surface area contributed by atoms with Gasteiger partial charge in [0.05, 0.1) is 17.0 Å². The van der Waals surface area contributed by atoms with Crippen LogP contribution in [0.25, 0.3) is 0 Å². The van der Waals surface area contributed by atoms with Gasteiger partial charge in [-0.1, -0.05) is 45.9 Å². The molecule has 2 aromatic rings. The molecule has 3 fully saturated rings. The van der Waals surface area contributed by atoms with Gasteiger partial charge in [0.1, 0.15) is 18.3 Å². The third kappa shape index (κ3) is 5.41. The van der Waals surface area contributed by atoms with Crippen molar-refractivity contribution in [3.8, 4) is 0 Å². The highest BCUT2D eigenvalue weighted by atomic mass is 16.7. The second-order valence-electron chi connectivity index (χ2n) is 14.2. The van der Waals surface area contributed by atoms with E-state index in [0.29, 0.717) is 5.57 Å². The minimum atomic E-state index is -1.38. The van der Waals surface area contributed by atoms with Crippen molar-refractivity contribution in [3.05, 3.63) is 77.6 Å². The van der Waals surface area contributed by atoms with Crippen molar-refractivity contribution < 1.29 is 47.7 Å². The number of pyridine rings is 1. The first-order valence-electron chi connectivity index (χ1n) is 16.3. The van der Waals surface area contributed by atoms with E-state index in [0.717, 1.165) is 0 Å². The molecule has 254 valence electrons. The number of nitrogens with zero attached hydrogens (tertiary/aromatic N) is 1. The normalized spacial score (nSPS) is 37.1. The molecule has 1 unspecified atom stereocenters. The van der Waals surface area contributed by atoms with Gasteiger partial charge in [-0.2, -0.15) is 0 Å². The number of carbonyl (C=O) groups excluding carboxylic acids is 5. The van der Waals surface area contributed by atoms with Crippen molar-refractivity contribution >= 4 is 29.7 Å². The third-order valence-corrected chi connectivity index (χ3v) is 10.7. The summed E-state index contributed by atoms with van der Waals surface area (Å²) in [5.41, 5.74) is -2.46. The summed E-state index contributed by atoms with van der Waals surface area (Å²) >= 11 is 0. The largest absolute Gasteiger partial charge is 0.461 e. The Morgan fingerprint density at radius 1 is 0.833 bits per heavy atom. The zero-order chi connectivity index (χ0) is 34.8. The highest BCUT2D eigenvalue weighted by molar-refractivity contribution is 5.96. The van der Waals surface area contributed by atoms with Crippen LogP contribution in [-0.2, 0) is 38.1 Å². The lowest BCUT2D eigenvalue weighted by atomic mass is 9.80. The molecule has 0 bridgehead atoms. The molecule has 2 heterocycles. The van der Waals surface area contributed by atoms with E-state index in [4.69, 9.17) is 23.7 Å². The van der Waals surface area contributed by atoms with E-state index >= 15 is 0 Å². The molecule has 4 aliphatic rings.